The van der Waals surface area contributed by atoms with Gasteiger partial charge in [0.1, 0.15) is 30.5 Å². The molecule has 2 heterocycles. The summed E-state index contributed by atoms with van der Waals surface area (Å²) in [5.41, 5.74) is 0. The average Bonchev–Trinajstić information content (AvgIpc) is 3.01. The first-order chi connectivity index (χ1) is 10.4. The lowest BCUT2D eigenvalue weighted by Crippen LogP contribution is -2.65. The number of rotatable bonds is 5. The molecule has 6 N–H and O–H groups in total. The first-order valence-electron chi connectivity index (χ1n) is 6.56. The average molecular weight is 318 g/mol. The molecule has 11 nitrogen and oxygen atoms in total. The van der Waals surface area contributed by atoms with Crippen LogP contribution in [0.4, 0.5) is 5.82 Å². The number of hydrogen-bond acceptors (Lipinski definition) is 9. The van der Waals surface area contributed by atoms with Crippen molar-refractivity contribution >= 4 is 11.8 Å². The molecular weight excluding hydrogens is 300 g/mol. The number of aliphatic carboxylic acids is 1. The number of H-pyrrole nitrogens is 1. The number of carboxylic acid groups (broad SMARTS) is 1. The van der Waals surface area contributed by atoms with Crippen LogP contribution in [0, 0.1) is 0 Å². The van der Waals surface area contributed by atoms with Gasteiger partial charge in [-0.15, -0.1) is 5.10 Å². The van der Waals surface area contributed by atoms with Crippen LogP contribution in [-0.4, -0.2) is 90.2 Å². The third-order valence-electron chi connectivity index (χ3n) is 3.58. The van der Waals surface area contributed by atoms with Crippen LogP contribution in [0.15, 0.2) is 6.20 Å². The van der Waals surface area contributed by atoms with Gasteiger partial charge in [-0.25, -0.2) is 4.79 Å². The van der Waals surface area contributed by atoms with E-state index in [1.807, 2.05) is 0 Å². The Bertz CT molecular complexity index is 497. The van der Waals surface area contributed by atoms with Crippen LogP contribution in [0.3, 0.4) is 0 Å². The first kappa shape index (κ1) is 16.6. The van der Waals surface area contributed by atoms with E-state index in [4.69, 9.17) is 4.74 Å². The Balaban J connectivity index is 2.35. The van der Waals surface area contributed by atoms with Gasteiger partial charge in [0.2, 0.25) is 0 Å². The van der Waals surface area contributed by atoms with Crippen LogP contribution in [-0.2, 0) is 9.53 Å². The van der Waals surface area contributed by atoms with Crippen molar-refractivity contribution in [3.8, 4) is 0 Å². The number of anilines is 1. The van der Waals surface area contributed by atoms with E-state index in [1.165, 1.54) is 13.1 Å². The minimum atomic E-state index is -1.62. The molecule has 0 aromatic carbocycles. The normalized spacial score (nSPS) is 33.4. The van der Waals surface area contributed by atoms with Crippen molar-refractivity contribution in [3.05, 3.63) is 6.20 Å². The Morgan fingerprint density at radius 3 is 2.59 bits per heavy atom. The van der Waals surface area contributed by atoms with Gasteiger partial charge in [-0.1, -0.05) is 0 Å². The first-order valence-corrected chi connectivity index (χ1v) is 6.56. The molecule has 1 unspecified atom stereocenters. The van der Waals surface area contributed by atoms with Crippen LogP contribution < -0.4 is 4.90 Å². The minimum absolute atomic E-state index is 0.0687. The van der Waals surface area contributed by atoms with E-state index in [0.717, 1.165) is 4.90 Å². The molecule has 1 aliphatic rings. The molecule has 2 rings (SSSR count). The molecule has 0 spiro atoms. The summed E-state index contributed by atoms with van der Waals surface area (Å²) in [6.45, 7) is 0.716. The number of carbonyl (C=O) groups is 1. The molecule has 1 aromatic heterocycles. The van der Waals surface area contributed by atoms with Gasteiger partial charge < -0.3 is 35.2 Å². The summed E-state index contributed by atoms with van der Waals surface area (Å²) in [7, 11) is 0. The molecule has 0 aliphatic carbocycles. The number of nitrogens with one attached hydrogen (secondary N) is 1. The Morgan fingerprint density at radius 1 is 1.41 bits per heavy atom. The summed E-state index contributed by atoms with van der Waals surface area (Å²) in [4.78, 5) is 12.4. The Labute approximate surface area is 124 Å². The zero-order chi connectivity index (χ0) is 16.4. The third-order valence-corrected chi connectivity index (χ3v) is 3.58. The zero-order valence-electron chi connectivity index (χ0n) is 11.6. The van der Waals surface area contributed by atoms with E-state index in [0.29, 0.717) is 0 Å². The van der Waals surface area contributed by atoms with Gasteiger partial charge in [0.25, 0.3) is 0 Å². The predicted molar refractivity (Wildman–Crippen MR) is 69.7 cm³/mol. The van der Waals surface area contributed by atoms with E-state index in [2.05, 4.69) is 15.4 Å². The van der Waals surface area contributed by atoms with Crippen molar-refractivity contribution in [2.45, 2.75) is 43.6 Å². The highest BCUT2D eigenvalue weighted by atomic mass is 16.6. The van der Waals surface area contributed by atoms with Crippen molar-refractivity contribution in [1.82, 2.24) is 15.4 Å². The molecule has 0 amide bonds. The predicted octanol–water partition coefficient (Wildman–Crippen LogP) is -3.12. The quantitative estimate of drug-likeness (QED) is 0.326. The Kier molecular flexibility index (Phi) is 4.93. The molecule has 0 radical (unpaired) electrons. The van der Waals surface area contributed by atoms with Crippen LogP contribution in [0.2, 0.25) is 0 Å². The van der Waals surface area contributed by atoms with Gasteiger partial charge in [-0.05, 0) is 6.92 Å². The fourth-order valence-electron chi connectivity index (χ4n) is 2.30. The summed E-state index contributed by atoms with van der Waals surface area (Å²) in [6.07, 6.45) is -6.04. The van der Waals surface area contributed by atoms with Crippen LogP contribution >= 0.6 is 0 Å². The van der Waals surface area contributed by atoms with Gasteiger partial charge in [0.05, 0.1) is 12.8 Å². The smallest absolute Gasteiger partial charge is 0.326 e. The Hall–Kier alpha value is -1.79. The number of nitrogens with zero attached hydrogens (tertiary/aromatic N) is 3. The minimum Gasteiger partial charge on any atom is -0.480 e. The SMILES string of the molecule is C[C@@H](C(=O)O)N(c1cn[nH]n1)C1O[C@H](CO)[C@@H](O)[C@H](O)[C@H]1O. The molecule has 1 aliphatic heterocycles. The summed E-state index contributed by atoms with van der Waals surface area (Å²) < 4.78 is 5.36. The summed E-state index contributed by atoms with van der Waals surface area (Å²) in [5.74, 6) is -1.15. The van der Waals surface area contributed by atoms with Crippen LogP contribution in [0.25, 0.3) is 0 Å². The summed E-state index contributed by atoms with van der Waals surface area (Å²) in [6, 6.07) is -1.17. The number of aromatic nitrogens is 3. The maximum Gasteiger partial charge on any atom is 0.326 e. The van der Waals surface area contributed by atoms with Gasteiger partial charge >= 0.3 is 5.97 Å². The maximum atomic E-state index is 11.3. The molecule has 0 saturated carbocycles. The van der Waals surface area contributed by atoms with Gasteiger partial charge in [-0.2, -0.15) is 10.3 Å². The van der Waals surface area contributed by atoms with E-state index < -0.39 is 49.3 Å². The number of carboxylic acids is 1. The lowest BCUT2D eigenvalue weighted by molar-refractivity contribution is -0.230. The number of aliphatic hydroxyl groups is 4. The number of aromatic amines is 1. The van der Waals surface area contributed by atoms with E-state index >= 15 is 0 Å². The second-order valence-electron chi connectivity index (χ2n) is 4.97. The highest BCUT2D eigenvalue weighted by Crippen LogP contribution is 2.28. The Morgan fingerprint density at radius 2 is 2.09 bits per heavy atom. The highest BCUT2D eigenvalue weighted by molar-refractivity contribution is 5.77. The molecule has 1 fully saturated rings. The molecule has 22 heavy (non-hydrogen) atoms. The lowest BCUT2D eigenvalue weighted by atomic mass is 9.97. The molecule has 1 saturated heterocycles. The van der Waals surface area contributed by atoms with Crippen LogP contribution in [0.5, 0.6) is 0 Å². The number of hydrogen-bond donors (Lipinski definition) is 6. The third kappa shape index (κ3) is 2.89. The second kappa shape index (κ2) is 6.54. The molecule has 1 aromatic rings. The van der Waals surface area contributed by atoms with Crippen LogP contribution in [0.1, 0.15) is 6.92 Å². The fourth-order valence-corrected chi connectivity index (χ4v) is 2.30. The monoisotopic (exact) mass is 318 g/mol. The topological polar surface area (TPSA) is 172 Å². The largest absolute Gasteiger partial charge is 0.480 e. The molecule has 0 bridgehead atoms. The molecule has 11 heteroatoms. The van der Waals surface area contributed by atoms with E-state index in [9.17, 15) is 30.3 Å². The van der Waals surface area contributed by atoms with Crippen molar-refractivity contribution in [2.75, 3.05) is 11.5 Å². The number of ether oxygens (including phenoxy) is 1. The molecular formula is C11H18N4O7. The second-order valence-corrected chi connectivity index (χ2v) is 4.97. The fraction of sp³-hybridized carbons (Fsp3) is 0.727. The van der Waals surface area contributed by atoms with Gasteiger partial charge in [-0.3, -0.25) is 0 Å². The van der Waals surface area contributed by atoms with Crippen molar-refractivity contribution < 1.29 is 35.1 Å². The van der Waals surface area contributed by atoms with Crippen molar-refractivity contribution in [2.24, 2.45) is 0 Å². The van der Waals surface area contributed by atoms with E-state index in [-0.39, 0.29) is 5.82 Å². The number of aliphatic hydroxyl groups excluding tert-OH is 4. The summed E-state index contributed by atoms with van der Waals surface area (Å²) >= 11 is 0. The molecule has 6 atom stereocenters. The van der Waals surface area contributed by atoms with E-state index in [1.54, 1.807) is 0 Å². The van der Waals surface area contributed by atoms with Crippen molar-refractivity contribution in [3.63, 3.8) is 0 Å². The zero-order valence-corrected chi connectivity index (χ0v) is 11.6. The van der Waals surface area contributed by atoms with Gasteiger partial charge in [0, 0.05) is 0 Å². The highest BCUT2D eigenvalue weighted by Gasteiger charge is 2.48. The molecule has 124 valence electrons. The maximum absolute atomic E-state index is 11.3. The van der Waals surface area contributed by atoms with Gasteiger partial charge in [0.15, 0.2) is 12.0 Å². The standard InChI is InChI=1S/C11H18N4O7/c1-4(11(20)21)15(6-2-12-14-13-6)10-9(19)8(18)7(17)5(3-16)22-10/h2,4-5,7-10,16-19H,3H2,1H3,(H,20,21)(H,12,13,14)/t4-,5+,7+,8-,9+,10?/m0/s1. The summed E-state index contributed by atoms with van der Waals surface area (Å²) in [5, 5.41) is 57.7. The van der Waals surface area contributed by atoms with Crippen molar-refractivity contribution in [1.29, 1.82) is 0 Å². The lowest BCUT2D eigenvalue weighted by Gasteiger charge is -2.45.